The number of nitrogens with one attached hydrogen (secondary N) is 1. The van der Waals surface area contributed by atoms with E-state index in [0.717, 1.165) is 5.69 Å². The van der Waals surface area contributed by atoms with E-state index in [1.807, 2.05) is 19.1 Å². The first-order valence-corrected chi connectivity index (χ1v) is 3.53. The Hall–Kier alpha value is -0.930. The second kappa shape index (κ2) is 4.05. The van der Waals surface area contributed by atoms with Crippen molar-refractivity contribution in [1.29, 1.82) is 0 Å². The Morgan fingerprint density at radius 1 is 1.64 bits per heavy atom. The molecule has 0 radical (unpaired) electrons. The van der Waals surface area contributed by atoms with Gasteiger partial charge in [-0.05, 0) is 24.6 Å². The van der Waals surface area contributed by atoms with E-state index in [4.69, 9.17) is 4.84 Å². The Morgan fingerprint density at radius 3 is 3.09 bits per heavy atom. The van der Waals surface area contributed by atoms with E-state index in [1.54, 1.807) is 13.2 Å². The van der Waals surface area contributed by atoms with Crippen molar-refractivity contribution in [2.45, 2.75) is 13.5 Å². The maximum Gasteiger partial charge on any atom is 0.110 e. The summed E-state index contributed by atoms with van der Waals surface area (Å²) in [6, 6.07) is 3.96. The van der Waals surface area contributed by atoms with Gasteiger partial charge in [-0.25, -0.2) is 5.48 Å². The Morgan fingerprint density at radius 2 is 2.45 bits per heavy atom. The summed E-state index contributed by atoms with van der Waals surface area (Å²) >= 11 is 0. The van der Waals surface area contributed by atoms with Crippen molar-refractivity contribution in [3.8, 4) is 0 Å². The van der Waals surface area contributed by atoms with Crippen LogP contribution < -0.4 is 5.48 Å². The van der Waals surface area contributed by atoms with E-state index < -0.39 is 0 Å². The van der Waals surface area contributed by atoms with Crippen LogP contribution in [0.25, 0.3) is 0 Å². The molecule has 11 heavy (non-hydrogen) atoms. The van der Waals surface area contributed by atoms with Crippen LogP contribution >= 0.6 is 0 Å². The molecule has 3 heteroatoms. The minimum absolute atomic E-state index is 0.512. The van der Waals surface area contributed by atoms with Gasteiger partial charge in [0.15, 0.2) is 0 Å². The molecule has 0 aliphatic rings. The Balaban J connectivity index is 2.56. The SMILES string of the molecule is CNOCc1cc(C)ccn1. The monoisotopic (exact) mass is 152 g/mol. The van der Waals surface area contributed by atoms with Crippen LogP contribution in [0.4, 0.5) is 0 Å². The third kappa shape index (κ3) is 2.65. The van der Waals surface area contributed by atoms with Crippen molar-refractivity contribution in [3.05, 3.63) is 29.6 Å². The highest BCUT2D eigenvalue weighted by atomic mass is 16.6. The number of hydrogen-bond donors (Lipinski definition) is 1. The zero-order valence-electron chi connectivity index (χ0n) is 6.79. The quantitative estimate of drug-likeness (QED) is 0.657. The Labute approximate surface area is 66.4 Å². The predicted molar refractivity (Wildman–Crippen MR) is 42.8 cm³/mol. The number of rotatable bonds is 3. The first-order chi connectivity index (χ1) is 5.33. The van der Waals surface area contributed by atoms with Crippen molar-refractivity contribution in [3.63, 3.8) is 0 Å². The molecular formula is C8H12N2O. The van der Waals surface area contributed by atoms with Crippen LogP contribution in [-0.4, -0.2) is 12.0 Å². The molecule has 3 nitrogen and oxygen atoms in total. The summed E-state index contributed by atoms with van der Waals surface area (Å²) in [7, 11) is 1.73. The number of hydroxylamine groups is 1. The molecule has 1 rings (SSSR count). The van der Waals surface area contributed by atoms with Gasteiger partial charge in [-0.15, -0.1) is 0 Å². The molecule has 60 valence electrons. The average Bonchev–Trinajstić information content (AvgIpc) is 2.01. The first-order valence-electron chi connectivity index (χ1n) is 3.53. The van der Waals surface area contributed by atoms with E-state index in [0.29, 0.717) is 6.61 Å². The average molecular weight is 152 g/mol. The molecule has 0 atom stereocenters. The molecule has 0 fully saturated rings. The van der Waals surface area contributed by atoms with E-state index in [9.17, 15) is 0 Å². The maximum atomic E-state index is 4.96. The zero-order chi connectivity index (χ0) is 8.10. The number of nitrogens with zero attached hydrogens (tertiary/aromatic N) is 1. The molecule has 0 amide bonds. The highest BCUT2D eigenvalue weighted by Gasteiger charge is 1.92. The molecule has 0 aliphatic heterocycles. The van der Waals surface area contributed by atoms with E-state index >= 15 is 0 Å². The molecule has 0 spiro atoms. The van der Waals surface area contributed by atoms with Gasteiger partial charge in [-0.2, -0.15) is 0 Å². The van der Waals surface area contributed by atoms with Gasteiger partial charge in [0.2, 0.25) is 0 Å². The van der Waals surface area contributed by atoms with Gasteiger partial charge in [-0.3, -0.25) is 9.82 Å². The van der Waals surface area contributed by atoms with Gasteiger partial charge >= 0.3 is 0 Å². The molecule has 0 saturated heterocycles. The highest BCUT2D eigenvalue weighted by Crippen LogP contribution is 1.99. The Kier molecular flexibility index (Phi) is 3.01. The maximum absolute atomic E-state index is 4.96. The second-order valence-corrected chi connectivity index (χ2v) is 2.32. The van der Waals surface area contributed by atoms with E-state index in [-0.39, 0.29) is 0 Å². The summed E-state index contributed by atoms with van der Waals surface area (Å²) in [6.45, 7) is 2.54. The van der Waals surface area contributed by atoms with Crippen LogP contribution in [0.1, 0.15) is 11.3 Å². The third-order valence-electron chi connectivity index (χ3n) is 1.34. The minimum Gasteiger partial charge on any atom is -0.296 e. The summed E-state index contributed by atoms with van der Waals surface area (Å²) in [5, 5.41) is 0. The fourth-order valence-corrected chi connectivity index (χ4v) is 0.824. The highest BCUT2D eigenvalue weighted by molar-refractivity contribution is 5.13. The van der Waals surface area contributed by atoms with Gasteiger partial charge in [0.1, 0.15) is 6.61 Å². The molecule has 0 unspecified atom stereocenters. The normalized spacial score (nSPS) is 10.0. The molecule has 1 aromatic heterocycles. The summed E-state index contributed by atoms with van der Waals surface area (Å²) in [5.74, 6) is 0. The molecular weight excluding hydrogens is 140 g/mol. The summed E-state index contributed by atoms with van der Waals surface area (Å²) < 4.78 is 0. The van der Waals surface area contributed by atoms with Gasteiger partial charge in [0, 0.05) is 13.2 Å². The number of aromatic nitrogens is 1. The van der Waals surface area contributed by atoms with Gasteiger partial charge < -0.3 is 0 Å². The smallest absolute Gasteiger partial charge is 0.110 e. The number of hydrogen-bond acceptors (Lipinski definition) is 3. The van der Waals surface area contributed by atoms with Crippen LogP contribution in [0, 0.1) is 6.92 Å². The van der Waals surface area contributed by atoms with Crippen LogP contribution in [0.15, 0.2) is 18.3 Å². The number of aryl methyl sites for hydroxylation is 1. The molecule has 1 N–H and O–H groups in total. The molecule has 1 heterocycles. The van der Waals surface area contributed by atoms with Gasteiger partial charge in [0.25, 0.3) is 0 Å². The fourth-order valence-electron chi connectivity index (χ4n) is 0.824. The molecule has 0 bridgehead atoms. The van der Waals surface area contributed by atoms with E-state index in [2.05, 4.69) is 10.5 Å². The van der Waals surface area contributed by atoms with Crippen molar-refractivity contribution in [2.24, 2.45) is 0 Å². The van der Waals surface area contributed by atoms with Gasteiger partial charge in [-0.1, -0.05) is 0 Å². The van der Waals surface area contributed by atoms with Crippen LogP contribution in [0.2, 0.25) is 0 Å². The van der Waals surface area contributed by atoms with Crippen molar-refractivity contribution in [2.75, 3.05) is 7.05 Å². The summed E-state index contributed by atoms with van der Waals surface area (Å²) in [6.07, 6.45) is 1.78. The predicted octanol–water partition coefficient (Wildman–Crippen LogP) is 1.04. The van der Waals surface area contributed by atoms with Gasteiger partial charge in [0.05, 0.1) is 5.69 Å². The molecule has 0 aliphatic carbocycles. The third-order valence-corrected chi connectivity index (χ3v) is 1.34. The number of pyridine rings is 1. The largest absolute Gasteiger partial charge is 0.296 e. The lowest BCUT2D eigenvalue weighted by molar-refractivity contribution is 0.0424. The van der Waals surface area contributed by atoms with Crippen molar-refractivity contribution < 1.29 is 4.84 Å². The van der Waals surface area contributed by atoms with Crippen molar-refractivity contribution >= 4 is 0 Å². The summed E-state index contributed by atoms with van der Waals surface area (Å²) in [4.78, 5) is 9.07. The zero-order valence-corrected chi connectivity index (χ0v) is 6.79. The second-order valence-electron chi connectivity index (χ2n) is 2.32. The van der Waals surface area contributed by atoms with E-state index in [1.165, 1.54) is 5.56 Å². The molecule has 1 aromatic rings. The first kappa shape index (κ1) is 8.17. The fraction of sp³-hybridized carbons (Fsp3) is 0.375. The van der Waals surface area contributed by atoms with Crippen LogP contribution in [0.3, 0.4) is 0 Å². The minimum atomic E-state index is 0.512. The Bertz CT molecular complexity index is 225. The topological polar surface area (TPSA) is 34.1 Å². The van der Waals surface area contributed by atoms with Crippen LogP contribution in [-0.2, 0) is 11.4 Å². The van der Waals surface area contributed by atoms with Crippen LogP contribution in [0.5, 0.6) is 0 Å². The lowest BCUT2D eigenvalue weighted by atomic mass is 10.2. The lowest BCUT2D eigenvalue weighted by Gasteiger charge is -2.00. The molecule has 0 saturated carbocycles. The molecule has 0 aromatic carbocycles. The van der Waals surface area contributed by atoms with Crippen molar-refractivity contribution in [1.82, 2.24) is 10.5 Å². The summed E-state index contributed by atoms with van der Waals surface area (Å²) in [5.41, 5.74) is 4.74. The lowest BCUT2D eigenvalue weighted by Crippen LogP contribution is -2.07. The standard InChI is InChI=1S/C8H12N2O/c1-7-3-4-10-8(5-7)6-11-9-2/h3-5,9H,6H2,1-2H3.